The number of hydrogen-bond donors (Lipinski definition) is 0. The molecule has 3 nitrogen and oxygen atoms in total. The van der Waals surface area contributed by atoms with Gasteiger partial charge in [0, 0.05) is 24.9 Å². The molecule has 0 saturated carbocycles. The Bertz CT molecular complexity index is 601. The number of rotatable bonds is 5. The zero-order chi connectivity index (χ0) is 16.1. The molecular weight excluding hydrogens is 294 g/mol. The Kier molecular flexibility index (Phi) is 5.50. The van der Waals surface area contributed by atoms with E-state index in [2.05, 4.69) is 0 Å². The molecule has 2 aromatic carbocycles. The zero-order valence-corrected chi connectivity index (χ0v) is 13.9. The van der Waals surface area contributed by atoms with Crippen molar-refractivity contribution in [1.29, 1.82) is 0 Å². The summed E-state index contributed by atoms with van der Waals surface area (Å²) in [6.45, 7) is 1.73. The Morgan fingerprint density at radius 1 is 0.909 bits per heavy atom. The van der Waals surface area contributed by atoms with E-state index in [9.17, 15) is 9.00 Å². The van der Waals surface area contributed by atoms with E-state index in [1.807, 2.05) is 60.7 Å². The Hall–Kier alpha value is -1.94. The van der Waals surface area contributed by atoms with Crippen LogP contribution in [0.3, 0.4) is 0 Å². The molecule has 2 rings (SSSR count). The topological polar surface area (TPSA) is 37.4 Å². The molecule has 4 heteroatoms. The second kappa shape index (κ2) is 7.36. The average molecular weight is 315 g/mol. The van der Waals surface area contributed by atoms with Crippen LogP contribution in [0, 0.1) is 0 Å². The van der Waals surface area contributed by atoms with Gasteiger partial charge in [-0.2, -0.15) is 0 Å². The summed E-state index contributed by atoms with van der Waals surface area (Å²) >= 11 is 0. The molecule has 0 fully saturated rings. The summed E-state index contributed by atoms with van der Waals surface area (Å²) in [4.78, 5) is 13.7. The third-order valence-corrected chi connectivity index (χ3v) is 5.48. The van der Waals surface area contributed by atoms with Crippen molar-refractivity contribution in [3.63, 3.8) is 0 Å². The maximum atomic E-state index is 13.1. The van der Waals surface area contributed by atoms with Crippen LogP contribution in [-0.2, 0) is 15.6 Å². The Labute approximate surface area is 134 Å². The lowest BCUT2D eigenvalue weighted by Gasteiger charge is -2.23. The summed E-state index contributed by atoms with van der Waals surface area (Å²) in [6, 6.07) is 19.4. The van der Waals surface area contributed by atoms with Gasteiger partial charge in [0.05, 0.1) is 5.25 Å². The predicted molar refractivity (Wildman–Crippen MR) is 91.0 cm³/mol. The quantitative estimate of drug-likeness (QED) is 0.850. The van der Waals surface area contributed by atoms with Gasteiger partial charge in [0.1, 0.15) is 5.25 Å². The molecule has 0 radical (unpaired) electrons. The first-order valence-corrected chi connectivity index (χ1v) is 8.50. The maximum absolute atomic E-state index is 13.1. The fourth-order valence-electron chi connectivity index (χ4n) is 2.38. The minimum absolute atomic E-state index is 0.116. The van der Waals surface area contributed by atoms with E-state index in [4.69, 9.17) is 0 Å². The van der Waals surface area contributed by atoms with Crippen molar-refractivity contribution in [2.75, 3.05) is 14.1 Å². The van der Waals surface area contributed by atoms with E-state index in [1.165, 1.54) is 4.90 Å². The molecule has 0 aliphatic heterocycles. The number of hydrogen-bond acceptors (Lipinski definition) is 2. The lowest BCUT2D eigenvalue weighted by Crippen LogP contribution is -2.36. The largest absolute Gasteiger partial charge is 0.348 e. The van der Waals surface area contributed by atoms with Crippen molar-refractivity contribution in [1.82, 2.24) is 4.90 Å². The van der Waals surface area contributed by atoms with Gasteiger partial charge in [0.25, 0.3) is 0 Å². The average Bonchev–Trinajstić information content (AvgIpc) is 2.55. The second-order valence-corrected chi connectivity index (χ2v) is 7.24. The van der Waals surface area contributed by atoms with Crippen molar-refractivity contribution in [2.45, 2.75) is 17.4 Å². The summed E-state index contributed by atoms with van der Waals surface area (Å²) in [5, 5.41) is -0.860. The molecule has 0 aliphatic carbocycles. The van der Waals surface area contributed by atoms with Crippen LogP contribution in [0.2, 0.25) is 0 Å². The lowest BCUT2D eigenvalue weighted by molar-refractivity contribution is -0.127. The zero-order valence-electron chi connectivity index (χ0n) is 13.1. The van der Waals surface area contributed by atoms with E-state index < -0.39 is 16.0 Å². The summed E-state index contributed by atoms with van der Waals surface area (Å²) < 4.78 is 13.1. The van der Waals surface area contributed by atoms with Gasteiger partial charge in [0.2, 0.25) is 5.91 Å². The van der Waals surface area contributed by atoms with Crippen LogP contribution in [0.25, 0.3) is 0 Å². The van der Waals surface area contributed by atoms with Gasteiger partial charge < -0.3 is 4.90 Å². The summed E-state index contributed by atoms with van der Waals surface area (Å²) in [5.41, 5.74) is 1.93. The molecule has 1 amide bonds. The highest BCUT2D eigenvalue weighted by molar-refractivity contribution is 7.86. The first-order valence-electron chi connectivity index (χ1n) is 7.22. The van der Waals surface area contributed by atoms with Crippen LogP contribution in [0.4, 0.5) is 0 Å². The second-order valence-electron chi connectivity index (χ2n) is 5.40. The fraction of sp³-hybridized carbons (Fsp3) is 0.278. The monoisotopic (exact) mass is 315 g/mol. The molecule has 0 unspecified atom stereocenters. The number of carbonyl (C=O) groups is 1. The van der Waals surface area contributed by atoms with Crippen LogP contribution in [0.5, 0.6) is 0 Å². The Morgan fingerprint density at radius 2 is 1.32 bits per heavy atom. The van der Waals surface area contributed by atoms with Gasteiger partial charge in [-0.3, -0.25) is 9.00 Å². The molecule has 0 aliphatic rings. The van der Waals surface area contributed by atoms with Crippen LogP contribution >= 0.6 is 0 Å². The maximum Gasteiger partial charge on any atom is 0.237 e. The number of nitrogens with zero attached hydrogens (tertiary/aromatic N) is 1. The molecule has 0 aromatic heterocycles. The van der Waals surface area contributed by atoms with E-state index in [-0.39, 0.29) is 11.2 Å². The van der Waals surface area contributed by atoms with Crippen molar-refractivity contribution in [2.24, 2.45) is 0 Å². The van der Waals surface area contributed by atoms with E-state index in [1.54, 1.807) is 21.0 Å². The molecule has 2 atom stereocenters. The molecule has 0 heterocycles. The van der Waals surface area contributed by atoms with E-state index in [0.717, 1.165) is 11.1 Å². The molecule has 22 heavy (non-hydrogen) atoms. The van der Waals surface area contributed by atoms with Crippen LogP contribution in [-0.4, -0.2) is 34.4 Å². The van der Waals surface area contributed by atoms with Gasteiger partial charge in [-0.15, -0.1) is 0 Å². The normalized spacial score (nSPS) is 13.6. The summed E-state index contributed by atoms with van der Waals surface area (Å²) in [5.74, 6) is -0.116. The number of carbonyl (C=O) groups excluding carboxylic acids is 1. The third-order valence-electron chi connectivity index (χ3n) is 3.57. The smallest absolute Gasteiger partial charge is 0.237 e. The van der Waals surface area contributed by atoms with Gasteiger partial charge in [-0.25, -0.2) is 0 Å². The first-order chi connectivity index (χ1) is 10.5. The molecule has 2 aromatic rings. The van der Waals surface area contributed by atoms with Gasteiger partial charge in [-0.1, -0.05) is 60.7 Å². The molecule has 0 bridgehead atoms. The third kappa shape index (κ3) is 3.63. The van der Waals surface area contributed by atoms with Gasteiger partial charge in [0.15, 0.2) is 0 Å². The van der Waals surface area contributed by atoms with Crippen LogP contribution in [0.15, 0.2) is 60.7 Å². The Morgan fingerprint density at radius 3 is 1.68 bits per heavy atom. The molecular formula is C18H21NO2S. The fourth-order valence-corrected chi connectivity index (χ4v) is 4.05. The van der Waals surface area contributed by atoms with Crippen LogP contribution < -0.4 is 0 Å². The Balaban J connectivity index is 2.42. The predicted octanol–water partition coefficient (Wildman–Crippen LogP) is 3.00. The standard InChI is InChI=1S/C18H21NO2S/c1-14(18(20)19(2)3)22(21)17(15-10-6-4-7-11-15)16-12-8-5-9-13-16/h4-14,17H,1-3H3/t14-,22+/m1/s1. The highest BCUT2D eigenvalue weighted by atomic mass is 32.2. The minimum atomic E-state index is -1.35. The molecule has 116 valence electrons. The SMILES string of the molecule is C[C@H](C(=O)N(C)C)[S@](=O)C(c1ccccc1)c1ccccc1. The lowest BCUT2D eigenvalue weighted by atomic mass is 10.0. The van der Waals surface area contributed by atoms with Gasteiger partial charge in [-0.05, 0) is 18.1 Å². The van der Waals surface area contributed by atoms with Crippen molar-refractivity contribution in [3.8, 4) is 0 Å². The van der Waals surface area contributed by atoms with Gasteiger partial charge >= 0.3 is 0 Å². The van der Waals surface area contributed by atoms with Crippen molar-refractivity contribution >= 4 is 16.7 Å². The summed E-state index contributed by atoms with van der Waals surface area (Å²) in [6.07, 6.45) is 0. The van der Waals surface area contributed by atoms with Crippen LogP contribution in [0.1, 0.15) is 23.3 Å². The van der Waals surface area contributed by atoms with Crippen molar-refractivity contribution in [3.05, 3.63) is 71.8 Å². The van der Waals surface area contributed by atoms with E-state index in [0.29, 0.717) is 0 Å². The van der Waals surface area contributed by atoms with E-state index >= 15 is 0 Å². The highest BCUT2D eigenvalue weighted by Crippen LogP contribution is 2.30. The highest BCUT2D eigenvalue weighted by Gasteiger charge is 2.30. The molecule has 0 saturated heterocycles. The van der Waals surface area contributed by atoms with Crippen molar-refractivity contribution < 1.29 is 9.00 Å². The summed E-state index contributed by atoms with van der Waals surface area (Å²) in [7, 11) is 2.03. The number of benzene rings is 2. The first kappa shape index (κ1) is 16.4. The molecule has 0 N–H and O–H groups in total. The minimum Gasteiger partial charge on any atom is -0.348 e. The molecule has 0 spiro atoms. The number of amides is 1.